The molecule has 2 nitrogen and oxygen atoms in total. The Labute approximate surface area is 138 Å². The number of nitrogens with zero attached hydrogens (tertiary/aromatic N) is 1. The van der Waals surface area contributed by atoms with Gasteiger partial charge >= 0.3 is 138 Å². The van der Waals surface area contributed by atoms with Crippen LogP contribution in [0.15, 0.2) is 65.2 Å². The Morgan fingerprint density at radius 2 is 1.61 bits per heavy atom. The summed E-state index contributed by atoms with van der Waals surface area (Å²) in [6.07, 6.45) is 2.05. The molecule has 114 valence electrons. The third kappa shape index (κ3) is 2.47. The van der Waals surface area contributed by atoms with E-state index in [4.69, 9.17) is 9.40 Å². The normalized spacial score (nSPS) is 12.1. The molecule has 0 fully saturated rings. The summed E-state index contributed by atoms with van der Waals surface area (Å²) in [5.74, 6) is 7.16. The number of hydrogen-bond acceptors (Lipinski definition) is 2. The van der Waals surface area contributed by atoms with Gasteiger partial charge in [0.1, 0.15) is 0 Å². The second-order valence-corrected chi connectivity index (χ2v) is 17.6. The number of furan rings is 1. The predicted octanol–water partition coefficient (Wildman–Crippen LogP) is 5.19. The van der Waals surface area contributed by atoms with E-state index < -0.39 is 13.3 Å². The van der Waals surface area contributed by atoms with Crippen molar-refractivity contribution in [3.05, 3.63) is 60.8 Å². The molecular formula is C20H19GeNO. The van der Waals surface area contributed by atoms with Crippen LogP contribution in [-0.2, 0) is 0 Å². The molecule has 0 amide bonds. The number of rotatable bonds is 2. The van der Waals surface area contributed by atoms with E-state index in [-0.39, 0.29) is 0 Å². The molecule has 2 aromatic carbocycles. The summed E-state index contributed by atoms with van der Waals surface area (Å²) in [4.78, 5) is 4.72. The summed E-state index contributed by atoms with van der Waals surface area (Å²) in [6, 6.07) is 18.8. The number of fused-ring (bicyclic) bond motifs is 3. The first-order chi connectivity index (χ1) is 11.0. The average Bonchev–Trinajstić information content (AvgIpc) is 2.93. The molecule has 0 atom stereocenters. The van der Waals surface area contributed by atoms with Crippen molar-refractivity contribution in [3.8, 4) is 11.3 Å². The maximum atomic E-state index is 6.11. The molecule has 0 spiro atoms. The minimum atomic E-state index is -1.82. The first-order valence-corrected chi connectivity index (χ1v) is 15.3. The van der Waals surface area contributed by atoms with Crippen LogP contribution in [0.2, 0.25) is 17.3 Å². The molecule has 23 heavy (non-hydrogen) atoms. The third-order valence-corrected chi connectivity index (χ3v) is 8.56. The maximum absolute atomic E-state index is 6.11. The predicted molar refractivity (Wildman–Crippen MR) is 99.9 cm³/mol. The van der Waals surface area contributed by atoms with Crippen LogP contribution >= 0.6 is 0 Å². The number of pyridine rings is 1. The molecule has 0 N–H and O–H groups in total. The van der Waals surface area contributed by atoms with E-state index in [0.29, 0.717) is 0 Å². The Kier molecular flexibility index (Phi) is 3.31. The Morgan fingerprint density at radius 3 is 2.35 bits per heavy atom. The Balaban J connectivity index is 1.92. The van der Waals surface area contributed by atoms with Crippen LogP contribution in [0.1, 0.15) is 0 Å². The van der Waals surface area contributed by atoms with Gasteiger partial charge in [-0.2, -0.15) is 0 Å². The fourth-order valence-electron chi connectivity index (χ4n) is 2.95. The fraction of sp³-hybridized carbons (Fsp3) is 0.150. The van der Waals surface area contributed by atoms with Crippen molar-refractivity contribution in [2.24, 2.45) is 0 Å². The van der Waals surface area contributed by atoms with Crippen molar-refractivity contribution in [2.45, 2.75) is 17.3 Å². The molecule has 3 heteroatoms. The van der Waals surface area contributed by atoms with Crippen molar-refractivity contribution < 1.29 is 4.42 Å². The molecule has 0 bridgehead atoms. The van der Waals surface area contributed by atoms with E-state index in [0.717, 1.165) is 33.2 Å². The zero-order valence-electron chi connectivity index (χ0n) is 13.6. The van der Waals surface area contributed by atoms with Gasteiger partial charge in [0.25, 0.3) is 0 Å². The van der Waals surface area contributed by atoms with Crippen molar-refractivity contribution in [1.82, 2.24) is 4.98 Å². The zero-order valence-corrected chi connectivity index (χ0v) is 15.7. The summed E-state index contributed by atoms with van der Waals surface area (Å²) in [7, 11) is 0. The molecule has 0 aliphatic heterocycles. The molecule has 0 aliphatic rings. The monoisotopic (exact) mass is 363 g/mol. The van der Waals surface area contributed by atoms with Crippen molar-refractivity contribution in [3.63, 3.8) is 0 Å². The van der Waals surface area contributed by atoms with Gasteiger partial charge in [-0.1, -0.05) is 0 Å². The number of benzene rings is 2. The van der Waals surface area contributed by atoms with Gasteiger partial charge in [0.2, 0.25) is 0 Å². The topological polar surface area (TPSA) is 26.0 Å². The Hall–Kier alpha value is -2.07. The summed E-state index contributed by atoms with van der Waals surface area (Å²) in [5, 5.41) is 2.31. The van der Waals surface area contributed by atoms with Crippen molar-refractivity contribution in [2.75, 3.05) is 0 Å². The quantitative estimate of drug-likeness (QED) is 0.459. The van der Waals surface area contributed by atoms with E-state index in [1.165, 1.54) is 4.40 Å². The molecule has 2 heterocycles. The second kappa shape index (κ2) is 5.24. The van der Waals surface area contributed by atoms with Gasteiger partial charge in [-0.15, -0.1) is 0 Å². The average molecular weight is 362 g/mol. The second-order valence-electron chi connectivity index (χ2n) is 6.96. The molecule has 2 aromatic heterocycles. The van der Waals surface area contributed by atoms with E-state index in [9.17, 15) is 0 Å². The Morgan fingerprint density at radius 1 is 0.826 bits per heavy atom. The van der Waals surface area contributed by atoms with Gasteiger partial charge in [0.05, 0.1) is 0 Å². The van der Waals surface area contributed by atoms with Gasteiger partial charge in [0, 0.05) is 0 Å². The summed E-state index contributed by atoms with van der Waals surface area (Å²) < 4.78 is 7.53. The molecule has 0 saturated carbocycles. The van der Waals surface area contributed by atoms with Crippen LogP contribution in [0, 0.1) is 0 Å². The number of para-hydroxylation sites is 2. The van der Waals surface area contributed by atoms with E-state index >= 15 is 0 Å². The van der Waals surface area contributed by atoms with Gasteiger partial charge in [-0.05, 0) is 0 Å². The van der Waals surface area contributed by atoms with E-state index in [1.807, 2.05) is 18.2 Å². The minimum absolute atomic E-state index is 0.922. The molecule has 0 unspecified atom stereocenters. The standard InChI is InChI=1S/C20H19GeNO/c1-21(2,3)14-11-12-18(22-13-14)17-9-6-8-16-15-7-4-5-10-19(15)23-20(16)17/h4-13H,1-3H3. The Bertz CT molecular complexity index is 994. The summed E-state index contributed by atoms with van der Waals surface area (Å²) in [6.45, 7) is 0. The van der Waals surface area contributed by atoms with Gasteiger partial charge in [-0.25, -0.2) is 0 Å². The molecule has 0 radical (unpaired) electrons. The van der Waals surface area contributed by atoms with Crippen LogP contribution in [0.3, 0.4) is 0 Å². The number of aromatic nitrogens is 1. The molecule has 4 rings (SSSR count). The number of hydrogen-bond donors (Lipinski definition) is 0. The van der Waals surface area contributed by atoms with E-state index in [2.05, 4.69) is 59.9 Å². The van der Waals surface area contributed by atoms with Crippen LogP contribution < -0.4 is 4.40 Å². The fourth-order valence-corrected chi connectivity index (χ4v) is 5.12. The van der Waals surface area contributed by atoms with Gasteiger partial charge < -0.3 is 0 Å². The van der Waals surface area contributed by atoms with E-state index in [1.54, 1.807) is 0 Å². The molecule has 4 aromatic rings. The van der Waals surface area contributed by atoms with Crippen LogP contribution in [-0.4, -0.2) is 18.3 Å². The molecule has 0 aliphatic carbocycles. The first kappa shape index (κ1) is 14.5. The van der Waals surface area contributed by atoms with Crippen LogP contribution in [0.25, 0.3) is 33.2 Å². The molecular weight excluding hydrogens is 343 g/mol. The van der Waals surface area contributed by atoms with Crippen LogP contribution in [0.4, 0.5) is 0 Å². The SMILES string of the molecule is [CH3][Ge]([CH3])([CH3])[c]1ccc(-c2cccc3c2oc2ccccc23)nc1. The van der Waals surface area contributed by atoms with Gasteiger partial charge in [-0.3, -0.25) is 0 Å². The zero-order chi connectivity index (χ0) is 16.0. The third-order valence-electron chi connectivity index (χ3n) is 4.31. The summed E-state index contributed by atoms with van der Waals surface area (Å²) in [5.41, 5.74) is 3.89. The van der Waals surface area contributed by atoms with Crippen molar-refractivity contribution in [1.29, 1.82) is 0 Å². The van der Waals surface area contributed by atoms with Crippen molar-refractivity contribution >= 4 is 39.6 Å². The molecule has 0 saturated heterocycles. The van der Waals surface area contributed by atoms with Gasteiger partial charge in [0.15, 0.2) is 0 Å². The van der Waals surface area contributed by atoms with Crippen LogP contribution in [0.5, 0.6) is 0 Å². The summed E-state index contributed by atoms with van der Waals surface area (Å²) >= 11 is -1.82. The first-order valence-electron chi connectivity index (χ1n) is 7.91.